The lowest BCUT2D eigenvalue weighted by atomic mass is 10.2. The van der Waals surface area contributed by atoms with Crippen LogP contribution in [0.5, 0.6) is 5.75 Å². The lowest BCUT2D eigenvalue weighted by molar-refractivity contribution is -0.121. The maximum absolute atomic E-state index is 13.4. The number of nitrogens with one attached hydrogen (secondary N) is 1. The molecule has 0 aliphatic carbocycles. The highest BCUT2D eigenvalue weighted by molar-refractivity contribution is 5.75. The number of nitrogens with two attached hydrogens (primary N) is 1. The standard InChI is InChI=1S/C12H17FN2O2/c1-3-15-12(16)4-5-17-11-6-8(2)10(14)7-9(11)13/h6-7H,3-5,14H2,1-2H3,(H,15,16). The maximum Gasteiger partial charge on any atom is 0.223 e. The largest absolute Gasteiger partial charge is 0.490 e. The molecule has 0 fully saturated rings. The van der Waals surface area contributed by atoms with Crippen LogP contribution in [0.2, 0.25) is 0 Å². The fraction of sp³-hybridized carbons (Fsp3) is 0.417. The third-order valence-corrected chi connectivity index (χ3v) is 2.28. The first-order valence-electron chi connectivity index (χ1n) is 5.49. The number of carbonyl (C=O) groups is 1. The van der Waals surface area contributed by atoms with Crippen molar-refractivity contribution in [2.24, 2.45) is 0 Å². The fourth-order valence-electron chi connectivity index (χ4n) is 1.32. The molecule has 1 rings (SSSR count). The molecule has 0 saturated heterocycles. The minimum Gasteiger partial charge on any atom is -0.490 e. The van der Waals surface area contributed by atoms with Crippen molar-refractivity contribution in [3.8, 4) is 5.75 Å². The fourth-order valence-corrected chi connectivity index (χ4v) is 1.32. The van der Waals surface area contributed by atoms with Crippen LogP contribution in [0.15, 0.2) is 12.1 Å². The molecule has 0 bridgehead atoms. The first-order chi connectivity index (χ1) is 8.04. The van der Waals surface area contributed by atoms with E-state index in [1.54, 1.807) is 6.92 Å². The first-order valence-corrected chi connectivity index (χ1v) is 5.49. The van der Waals surface area contributed by atoms with Crippen molar-refractivity contribution < 1.29 is 13.9 Å². The Morgan fingerprint density at radius 1 is 1.53 bits per heavy atom. The second kappa shape index (κ2) is 6.08. The zero-order valence-electron chi connectivity index (χ0n) is 10.0. The average Bonchev–Trinajstić information content (AvgIpc) is 2.26. The van der Waals surface area contributed by atoms with Gasteiger partial charge in [0.15, 0.2) is 11.6 Å². The lowest BCUT2D eigenvalue weighted by Crippen LogP contribution is -2.24. The Balaban J connectivity index is 2.52. The summed E-state index contributed by atoms with van der Waals surface area (Å²) in [6.45, 7) is 4.33. The molecule has 0 heterocycles. The van der Waals surface area contributed by atoms with Gasteiger partial charge in [-0.05, 0) is 25.5 Å². The van der Waals surface area contributed by atoms with Crippen molar-refractivity contribution >= 4 is 11.6 Å². The van der Waals surface area contributed by atoms with Gasteiger partial charge in [-0.2, -0.15) is 0 Å². The average molecular weight is 240 g/mol. The number of hydrogen-bond acceptors (Lipinski definition) is 3. The molecule has 1 aromatic carbocycles. The Labute approximate surface area is 100.0 Å². The summed E-state index contributed by atoms with van der Waals surface area (Å²) in [7, 11) is 0. The Hall–Kier alpha value is -1.78. The molecule has 0 atom stereocenters. The molecule has 0 radical (unpaired) electrons. The first kappa shape index (κ1) is 13.3. The predicted octanol–water partition coefficient (Wildman–Crippen LogP) is 1.62. The molecule has 0 spiro atoms. The van der Waals surface area contributed by atoms with Crippen molar-refractivity contribution in [2.75, 3.05) is 18.9 Å². The van der Waals surface area contributed by atoms with E-state index in [1.165, 1.54) is 12.1 Å². The van der Waals surface area contributed by atoms with E-state index in [2.05, 4.69) is 5.32 Å². The van der Waals surface area contributed by atoms with E-state index in [1.807, 2.05) is 6.92 Å². The third-order valence-electron chi connectivity index (χ3n) is 2.28. The summed E-state index contributed by atoms with van der Waals surface area (Å²) in [4.78, 5) is 11.1. The second-order valence-electron chi connectivity index (χ2n) is 3.69. The molecule has 0 aliphatic rings. The zero-order chi connectivity index (χ0) is 12.8. The van der Waals surface area contributed by atoms with Gasteiger partial charge in [0, 0.05) is 18.3 Å². The summed E-state index contributed by atoms with van der Waals surface area (Å²) in [5, 5.41) is 2.63. The number of carbonyl (C=O) groups excluding carboxylic acids is 1. The number of nitrogen functional groups attached to an aromatic ring is 1. The van der Waals surface area contributed by atoms with Crippen LogP contribution in [0.3, 0.4) is 0 Å². The normalized spacial score (nSPS) is 10.1. The van der Waals surface area contributed by atoms with Gasteiger partial charge in [0.1, 0.15) is 0 Å². The van der Waals surface area contributed by atoms with Gasteiger partial charge in [-0.25, -0.2) is 4.39 Å². The lowest BCUT2D eigenvalue weighted by Gasteiger charge is -2.09. The summed E-state index contributed by atoms with van der Waals surface area (Å²) in [6, 6.07) is 2.75. The highest BCUT2D eigenvalue weighted by Crippen LogP contribution is 2.23. The van der Waals surface area contributed by atoms with Crippen LogP contribution < -0.4 is 15.8 Å². The summed E-state index contributed by atoms with van der Waals surface area (Å²) in [5.74, 6) is -0.495. The summed E-state index contributed by atoms with van der Waals surface area (Å²) in [5.41, 5.74) is 6.68. The van der Waals surface area contributed by atoms with Gasteiger partial charge >= 0.3 is 0 Å². The number of hydrogen-bond donors (Lipinski definition) is 2. The monoisotopic (exact) mass is 240 g/mol. The third kappa shape index (κ3) is 3.94. The Bertz CT molecular complexity index is 408. The smallest absolute Gasteiger partial charge is 0.223 e. The van der Waals surface area contributed by atoms with Crippen LogP contribution in [0.1, 0.15) is 18.9 Å². The van der Waals surface area contributed by atoms with E-state index in [0.717, 1.165) is 5.56 Å². The van der Waals surface area contributed by atoms with Crippen LogP contribution in [0, 0.1) is 12.7 Å². The van der Waals surface area contributed by atoms with E-state index < -0.39 is 5.82 Å². The minimum absolute atomic E-state index is 0.111. The minimum atomic E-state index is -0.510. The maximum atomic E-state index is 13.4. The van der Waals surface area contributed by atoms with Crippen LogP contribution in [-0.2, 0) is 4.79 Å². The zero-order valence-corrected chi connectivity index (χ0v) is 10.0. The molecule has 3 N–H and O–H groups in total. The number of amides is 1. The van der Waals surface area contributed by atoms with Crippen molar-refractivity contribution in [3.63, 3.8) is 0 Å². The van der Waals surface area contributed by atoms with Crippen LogP contribution >= 0.6 is 0 Å². The molecule has 94 valence electrons. The van der Waals surface area contributed by atoms with Gasteiger partial charge < -0.3 is 15.8 Å². The topological polar surface area (TPSA) is 64.3 Å². The van der Waals surface area contributed by atoms with E-state index in [4.69, 9.17) is 10.5 Å². The predicted molar refractivity (Wildman–Crippen MR) is 64.3 cm³/mol. The SMILES string of the molecule is CCNC(=O)CCOc1cc(C)c(N)cc1F. The van der Waals surface area contributed by atoms with E-state index in [-0.39, 0.29) is 24.7 Å². The van der Waals surface area contributed by atoms with Gasteiger partial charge in [-0.15, -0.1) is 0 Å². The molecule has 1 aromatic rings. The molecular formula is C12H17FN2O2. The molecule has 17 heavy (non-hydrogen) atoms. The molecule has 0 unspecified atom stereocenters. The van der Waals surface area contributed by atoms with Gasteiger partial charge in [0.2, 0.25) is 5.91 Å². The molecule has 4 nitrogen and oxygen atoms in total. The van der Waals surface area contributed by atoms with Gasteiger partial charge in [-0.1, -0.05) is 0 Å². The highest BCUT2D eigenvalue weighted by atomic mass is 19.1. The van der Waals surface area contributed by atoms with E-state index in [0.29, 0.717) is 12.2 Å². The number of rotatable bonds is 5. The number of halogens is 1. The quantitative estimate of drug-likeness (QED) is 0.769. The molecule has 5 heteroatoms. The van der Waals surface area contributed by atoms with E-state index >= 15 is 0 Å². The highest BCUT2D eigenvalue weighted by Gasteiger charge is 2.07. The molecule has 0 aliphatic heterocycles. The molecule has 0 saturated carbocycles. The Morgan fingerprint density at radius 2 is 2.24 bits per heavy atom. The van der Waals surface area contributed by atoms with Crippen molar-refractivity contribution in [3.05, 3.63) is 23.5 Å². The number of benzene rings is 1. The van der Waals surface area contributed by atoms with Crippen molar-refractivity contribution in [1.29, 1.82) is 0 Å². The van der Waals surface area contributed by atoms with Crippen molar-refractivity contribution in [1.82, 2.24) is 5.32 Å². The Kier molecular flexibility index (Phi) is 4.75. The molecular weight excluding hydrogens is 223 g/mol. The summed E-state index contributed by atoms with van der Waals surface area (Å²) < 4.78 is 18.6. The summed E-state index contributed by atoms with van der Waals surface area (Å²) in [6.07, 6.45) is 0.205. The van der Waals surface area contributed by atoms with Gasteiger partial charge in [0.25, 0.3) is 0 Å². The molecule has 0 aromatic heterocycles. The number of aryl methyl sites for hydroxylation is 1. The van der Waals surface area contributed by atoms with Crippen LogP contribution in [0.25, 0.3) is 0 Å². The molecule has 1 amide bonds. The van der Waals surface area contributed by atoms with Gasteiger partial charge in [0.05, 0.1) is 13.0 Å². The van der Waals surface area contributed by atoms with Crippen LogP contribution in [0.4, 0.5) is 10.1 Å². The van der Waals surface area contributed by atoms with E-state index in [9.17, 15) is 9.18 Å². The number of ether oxygens (including phenoxy) is 1. The Morgan fingerprint density at radius 3 is 2.88 bits per heavy atom. The number of anilines is 1. The van der Waals surface area contributed by atoms with Crippen molar-refractivity contribution in [2.45, 2.75) is 20.3 Å². The van der Waals surface area contributed by atoms with Gasteiger partial charge in [-0.3, -0.25) is 4.79 Å². The summed E-state index contributed by atoms with van der Waals surface area (Å²) >= 11 is 0. The second-order valence-corrected chi connectivity index (χ2v) is 3.69. The van der Waals surface area contributed by atoms with Crippen LogP contribution in [-0.4, -0.2) is 19.1 Å².